The van der Waals surface area contributed by atoms with Gasteiger partial charge in [-0.1, -0.05) is 6.07 Å². The van der Waals surface area contributed by atoms with Crippen LogP contribution in [0.5, 0.6) is 0 Å². The molecule has 2 aromatic heterocycles. The lowest BCUT2D eigenvalue weighted by Crippen LogP contribution is -2.11. The third kappa shape index (κ3) is 3.07. The topological polar surface area (TPSA) is 52.0 Å². The highest BCUT2D eigenvalue weighted by Gasteiger charge is 2.03. The van der Waals surface area contributed by atoms with Crippen molar-refractivity contribution < 1.29 is 4.74 Å². The average Bonchev–Trinajstić information content (AvgIpc) is 2.83. The third-order valence-corrected chi connectivity index (χ3v) is 2.78. The van der Waals surface area contributed by atoms with Crippen molar-refractivity contribution in [2.45, 2.75) is 20.0 Å². The molecule has 5 nitrogen and oxygen atoms in total. The van der Waals surface area contributed by atoms with Crippen LogP contribution in [0.1, 0.15) is 11.3 Å². The van der Waals surface area contributed by atoms with E-state index in [1.807, 2.05) is 16.8 Å². The Hall–Kier alpha value is -1.88. The Labute approximate surface area is 107 Å². The molecule has 0 aromatic carbocycles. The van der Waals surface area contributed by atoms with Gasteiger partial charge in [0.25, 0.3) is 0 Å². The van der Waals surface area contributed by atoms with Gasteiger partial charge in [-0.15, -0.1) is 0 Å². The molecule has 0 bridgehead atoms. The van der Waals surface area contributed by atoms with Gasteiger partial charge in [0.05, 0.1) is 18.8 Å². The summed E-state index contributed by atoms with van der Waals surface area (Å²) in [4.78, 5) is 8.63. The molecule has 0 aliphatic rings. The standard InChI is InChI=1S/C13H18N4O/c1-11-4-3-5-14-12(11)10-16-13-15-6-7-17(13)8-9-18-2/h3-7H,8-10H2,1-2H3,(H,15,16). The van der Waals surface area contributed by atoms with E-state index in [-0.39, 0.29) is 0 Å². The highest BCUT2D eigenvalue weighted by atomic mass is 16.5. The maximum absolute atomic E-state index is 5.06. The predicted molar refractivity (Wildman–Crippen MR) is 70.4 cm³/mol. The van der Waals surface area contributed by atoms with Crippen molar-refractivity contribution in [3.8, 4) is 0 Å². The molecule has 2 rings (SSSR count). The molecule has 96 valence electrons. The van der Waals surface area contributed by atoms with Crippen molar-refractivity contribution in [2.24, 2.45) is 0 Å². The minimum Gasteiger partial charge on any atom is -0.383 e. The van der Waals surface area contributed by atoms with Crippen molar-refractivity contribution >= 4 is 5.95 Å². The molecule has 5 heteroatoms. The summed E-state index contributed by atoms with van der Waals surface area (Å²) >= 11 is 0. The molecular weight excluding hydrogens is 228 g/mol. The number of rotatable bonds is 6. The van der Waals surface area contributed by atoms with E-state index >= 15 is 0 Å². The molecule has 0 fully saturated rings. The molecule has 1 N–H and O–H groups in total. The van der Waals surface area contributed by atoms with Crippen molar-refractivity contribution in [1.82, 2.24) is 14.5 Å². The van der Waals surface area contributed by atoms with Crippen LogP contribution in [0.25, 0.3) is 0 Å². The van der Waals surface area contributed by atoms with Crippen molar-refractivity contribution in [3.05, 3.63) is 42.0 Å². The zero-order valence-corrected chi connectivity index (χ0v) is 10.8. The van der Waals surface area contributed by atoms with E-state index in [1.165, 1.54) is 5.56 Å². The quantitative estimate of drug-likeness (QED) is 0.845. The van der Waals surface area contributed by atoms with E-state index in [4.69, 9.17) is 4.74 Å². The number of hydrogen-bond donors (Lipinski definition) is 1. The molecule has 0 saturated carbocycles. The Kier molecular flexibility index (Phi) is 4.30. The van der Waals surface area contributed by atoms with Crippen LogP contribution in [0.15, 0.2) is 30.7 Å². The van der Waals surface area contributed by atoms with Gasteiger partial charge in [-0.3, -0.25) is 4.98 Å². The van der Waals surface area contributed by atoms with Crippen molar-refractivity contribution in [1.29, 1.82) is 0 Å². The summed E-state index contributed by atoms with van der Waals surface area (Å²) in [7, 11) is 1.70. The molecule has 0 aliphatic heterocycles. The lowest BCUT2D eigenvalue weighted by atomic mass is 10.2. The molecule has 0 spiro atoms. The second kappa shape index (κ2) is 6.16. The molecular formula is C13H18N4O. The SMILES string of the molecule is COCCn1ccnc1NCc1ncccc1C. The van der Waals surface area contributed by atoms with Gasteiger partial charge in [0.15, 0.2) is 0 Å². The van der Waals surface area contributed by atoms with Crippen LogP contribution < -0.4 is 5.32 Å². The number of methoxy groups -OCH3 is 1. The molecule has 0 saturated heterocycles. The van der Waals surface area contributed by atoms with E-state index in [1.54, 1.807) is 19.5 Å². The Morgan fingerprint density at radius 3 is 3.00 bits per heavy atom. The Morgan fingerprint density at radius 2 is 2.22 bits per heavy atom. The van der Waals surface area contributed by atoms with Gasteiger partial charge in [-0.25, -0.2) is 4.98 Å². The number of nitrogens with one attached hydrogen (secondary N) is 1. The van der Waals surface area contributed by atoms with Crippen molar-refractivity contribution in [3.63, 3.8) is 0 Å². The summed E-state index contributed by atoms with van der Waals surface area (Å²) in [5.74, 6) is 0.845. The fourth-order valence-electron chi connectivity index (χ4n) is 1.71. The molecule has 0 unspecified atom stereocenters. The molecule has 0 aliphatic carbocycles. The number of imidazole rings is 1. The summed E-state index contributed by atoms with van der Waals surface area (Å²) in [6.07, 6.45) is 5.53. The number of pyridine rings is 1. The highest BCUT2D eigenvalue weighted by Crippen LogP contribution is 2.08. The third-order valence-electron chi connectivity index (χ3n) is 2.78. The van der Waals surface area contributed by atoms with Crippen LogP contribution >= 0.6 is 0 Å². The van der Waals surface area contributed by atoms with Crippen LogP contribution in [0.2, 0.25) is 0 Å². The second-order valence-corrected chi connectivity index (χ2v) is 4.06. The van der Waals surface area contributed by atoms with Crippen LogP contribution in [-0.2, 0) is 17.8 Å². The van der Waals surface area contributed by atoms with Gasteiger partial charge >= 0.3 is 0 Å². The summed E-state index contributed by atoms with van der Waals surface area (Å²) < 4.78 is 7.09. The number of nitrogens with zero attached hydrogens (tertiary/aromatic N) is 3. The first kappa shape index (κ1) is 12.6. The van der Waals surface area contributed by atoms with E-state index in [0.717, 1.165) is 18.2 Å². The van der Waals surface area contributed by atoms with Gasteiger partial charge in [0.1, 0.15) is 0 Å². The van der Waals surface area contributed by atoms with Crippen LogP contribution in [-0.4, -0.2) is 28.3 Å². The molecule has 18 heavy (non-hydrogen) atoms. The van der Waals surface area contributed by atoms with Gasteiger partial charge < -0.3 is 14.6 Å². The predicted octanol–water partition coefficient (Wildman–Crippen LogP) is 1.85. The minimum atomic E-state index is 0.674. The summed E-state index contributed by atoms with van der Waals surface area (Å²) in [6.45, 7) is 4.20. The molecule has 0 amide bonds. The van der Waals surface area contributed by atoms with Gasteiger partial charge in [0.2, 0.25) is 5.95 Å². The number of anilines is 1. The van der Waals surface area contributed by atoms with Crippen molar-refractivity contribution in [2.75, 3.05) is 19.0 Å². The van der Waals surface area contributed by atoms with Gasteiger partial charge in [-0.05, 0) is 18.6 Å². The first-order valence-electron chi connectivity index (χ1n) is 5.95. The smallest absolute Gasteiger partial charge is 0.203 e. The van der Waals surface area contributed by atoms with E-state index in [0.29, 0.717) is 13.2 Å². The summed E-state index contributed by atoms with van der Waals surface area (Å²) in [5, 5.41) is 3.29. The fraction of sp³-hybridized carbons (Fsp3) is 0.385. The highest BCUT2D eigenvalue weighted by molar-refractivity contribution is 5.29. The zero-order valence-electron chi connectivity index (χ0n) is 10.8. The molecule has 2 heterocycles. The number of ether oxygens (including phenoxy) is 1. The molecule has 0 atom stereocenters. The number of aromatic nitrogens is 3. The average molecular weight is 246 g/mol. The number of aryl methyl sites for hydroxylation is 1. The second-order valence-electron chi connectivity index (χ2n) is 4.06. The minimum absolute atomic E-state index is 0.674. The summed E-state index contributed by atoms with van der Waals surface area (Å²) in [6, 6.07) is 4.00. The first-order chi connectivity index (χ1) is 8.81. The Morgan fingerprint density at radius 1 is 1.33 bits per heavy atom. The molecule has 0 radical (unpaired) electrons. The lowest BCUT2D eigenvalue weighted by molar-refractivity contribution is 0.187. The van der Waals surface area contributed by atoms with Crippen LogP contribution in [0.3, 0.4) is 0 Å². The maximum Gasteiger partial charge on any atom is 0.203 e. The lowest BCUT2D eigenvalue weighted by Gasteiger charge is -2.10. The maximum atomic E-state index is 5.06. The van der Waals surface area contributed by atoms with Gasteiger partial charge in [-0.2, -0.15) is 0 Å². The zero-order chi connectivity index (χ0) is 12.8. The van der Waals surface area contributed by atoms with Crippen LogP contribution in [0.4, 0.5) is 5.95 Å². The summed E-state index contributed by atoms with van der Waals surface area (Å²) in [5.41, 5.74) is 2.22. The van der Waals surface area contributed by atoms with E-state index in [9.17, 15) is 0 Å². The monoisotopic (exact) mass is 246 g/mol. The Balaban J connectivity index is 1.98. The van der Waals surface area contributed by atoms with E-state index < -0.39 is 0 Å². The fourth-order valence-corrected chi connectivity index (χ4v) is 1.71. The normalized spacial score (nSPS) is 10.6. The first-order valence-corrected chi connectivity index (χ1v) is 5.95. The largest absolute Gasteiger partial charge is 0.383 e. The number of hydrogen-bond acceptors (Lipinski definition) is 4. The van der Waals surface area contributed by atoms with Crippen LogP contribution in [0, 0.1) is 6.92 Å². The van der Waals surface area contributed by atoms with Gasteiger partial charge in [0, 0.05) is 32.2 Å². The molecule has 2 aromatic rings. The Bertz CT molecular complexity index is 495. The van der Waals surface area contributed by atoms with E-state index in [2.05, 4.69) is 28.3 Å².